The van der Waals surface area contributed by atoms with Gasteiger partial charge in [0, 0.05) is 5.56 Å². The van der Waals surface area contributed by atoms with Crippen LogP contribution in [0.3, 0.4) is 0 Å². The Kier molecular flexibility index (Phi) is 3.32. The van der Waals surface area contributed by atoms with Gasteiger partial charge >= 0.3 is 0 Å². The first-order chi connectivity index (χ1) is 7.52. The van der Waals surface area contributed by atoms with Crippen molar-refractivity contribution >= 4 is 0 Å². The van der Waals surface area contributed by atoms with Crippen molar-refractivity contribution in [3.8, 4) is 5.75 Å². The van der Waals surface area contributed by atoms with Gasteiger partial charge in [0.15, 0.2) is 0 Å². The van der Waals surface area contributed by atoms with Crippen molar-refractivity contribution in [3.63, 3.8) is 0 Å². The molecule has 0 aliphatic heterocycles. The van der Waals surface area contributed by atoms with Gasteiger partial charge < -0.3 is 10.2 Å². The molecule has 2 heteroatoms. The molecule has 0 fully saturated rings. The van der Waals surface area contributed by atoms with Crippen LogP contribution in [0.1, 0.15) is 47.1 Å². The van der Waals surface area contributed by atoms with Crippen molar-refractivity contribution in [2.45, 2.75) is 47.1 Å². The average Bonchev–Trinajstić information content (AvgIpc) is 2.13. The van der Waals surface area contributed by atoms with E-state index in [-0.39, 0.29) is 16.6 Å². The zero-order valence-corrected chi connectivity index (χ0v) is 11.7. The number of phenolic OH excluding ortho intramolecular Hbond substituents is 1. The number of aromatic hydroxyl groups is 1. The molecule has 2 nitrogen and oxygen atoms in total. The van der Waals surface area contributed by atoms with Gasteiger partial charge in [0.05, 0.1) is 0 Å². The molecule has 0 aromatic heterocycles. The maximum atomic E-state index is 11.2. The highest BCUT2D eigenvalue weighted by Crippen LogP contribution is 2.53. The van der Waals surface area contributed by atoms with E-state index in [4.69, 9.17) is 0 Å². The number of hydrogen-bond donors (Lipinski definition) is 2. The van der Waals surface area contributed by atoms with Crippen molar-refractivity contribution < 1.29 is 10.2 Å². The largest absolute Gasteiger partial charge is 0.508 e. The lowest BCUT2D eigenvalue weighted by Gasteiger charge is -2.50. The summed E-state index contributed by atoms with van der Waals surface area (Å²) in [6.45, 7) is 11.9. The Labute approximate surface area is 104 Å². The van der Waals surface area contributed by atoms with Crippen molar-refractivity contribution in [3.05, 3.63) is 29.8 Å². The molecule has 0 amide bonds. The molecule has 1 rings (SSSR count). The molecule has 17 heavy (non-hydrogen) atoms. The number of rotatable bonds is 1. The van der Waals surface area contributed by atoms with Gasteiger partial charge in [0.1, 0.15) is 11.4 Å². The standard InChI is InChI=1S/C15H24O2/c1-13(2,3)15(17,14(4,5)6)11-9-7-8-10-12(11)16/h7-10,16-17H,1-6H3. The maximum absolute atomic E-state index is 11.2. The highest BCUT2D eigenvalue weighted by atomic mass is 16.3. The van der Waals surface area contributed by atoms with Crippen LogP contribution in [-0.2, 0) is 5.60 Å². The number of para-hydroxylation sites is 1. The van der Waals surface area contributed by atoms with E-state index in [0.29, 0.717) is 5.56 Å². The Morgan fingerprint density at radius 3 is 1.59 bits per heavy atom. The zero-order valence-electron chi connectivity index (χ0n) is 11.7. The third-order valence-corrected chi connectivity index (χ3v) is 3.46. The quantitative estimate of drug-likeness (QED) is 0.781. The first-order valence-electron chi connectivity index (χ1n) is 6.02. The van der Waals surface area contributed by atoms with E-state index >= 15 is 0 Å². The molecule has 0 atom stereocenters. The topological polar surface area (TPSA) is 40.5 Å². The predicted molar refractivity (Wildman–Crippen MR) is 70.9 cm³/mol. The minimum atomic E-state index is -1.09. The van der Waals surface area contributed by atoms with E-state index < -0.39 is 5.60 Å². The van der Waals surface area contributed by atoms with Crippen LogP contribution < -0.4 is 0 Å². The summed E-state index contributed by atoms with van der Waals surface area (Å²) in [6, 6.07) is 7.03. The molecular weight excluding hydrogens is 212 g/mol. The highest BCUT2D eigenvalue weighted by molar-refractivity contribution is 5.39. The predicted octanol–water partition coefficient (Wildman–Crippen LogP) is 3.67. The fraction of sp³-hybridized carbons (Fsp3) is 0.600. The summed E-state index contributed by atoms with van der Waals surface area (Å²) in [5, 5.41) is 21.2. The third-order valence-electron chi connectivity index (χ3n) is 3.46. The number of aliphatic hydroxyl groups is 1. The van der Waals surface area contributed by atoms with Gasteiger partial charge in [-0.1, -0.05) is 59.7 Å². The van der Waals surface area contributed by atoms with E-state index in [1.54, 1.807) is 18.2 Å². The second kappa shape index (κ2) is 4.02. The van der Waals surface area contributed by atoms with E-state index in [0.717, 1.165) is 0 Å². The average molecular weight is 236 g/mol. The van der Waals surface area contributed by atoms with E-state index in [1.807, 2.05) is 47.6 Å². The molecule has 96 valence electrons. The molecule has 2 N–H and O–H groups in total. The first kappa shape index (κ1) is 14.0. The van der Waals surface area contributed by atoms with Gasteiger partial charge in [-0.05, 0) is 16.9 Å². The Morgan fingerprint density at radius 1 is 0.824 bits per heavy atom. The van der Waals surface area contributed by atoms with Crippen LogP contribution in [0.15, 0.2) is 24.3 Å². The zero-order chi connectivity index (χ0) is 13.5. The Hall–Kier alpha value is -1.02. The van der Waals surface area contributed by atoms with Gasteiger partial charge in [-0.25, -0.2) is 0 Å². The molecule has 1 aromatic carbocycles. The van der Waals surface area contributed by atoms with E-state index in [9.17, 15) is 10.2 Å². The van der Waals surface area contributed by atoms with Gasteiger partial charge in [-0.2, -0.15) is 0 Å². The molecule has 0 radical (unpaired) electrons. The molecule has 0 saturated heterocycles. The summed E-state index contributed by atoms with van der Waals surface area (Å²) in [4.78, 5) is 0. The maximum Gasteiger partial charge on any atom is 0.121 e. The normalized spacial score (nSPS) is 13.8. The van der Waals surface area contributed by atoms with Crippen LogP contribution >= 0.6 is 0 Å². The molecule has 0 aliphatic carbocycles. The van der Waals surface area contributed by atoms with Crippen LogP contribution in [0.2, 0.25) is 0 Å². The van der Waals surface area contributed by atoms with E-state index in [2.05, 4.69) is 0 Å². The van der Waals surface area contributed by atoms with Gasteiger partial charge in [-0.15, -0.1) is 0 Å². The lowest BCUT2D eigenvalue weighted by Crippen LogP contribution is -2.50. The molecule has 0 saturated carbocycles. The summed E-state index contributed by atoms with van der Waals surface area (Å²) >= 11 is 0. The second-order valence-corrected chi connectivity index (χ2v) is 6.73. The smallest absolute Gasteiger partial charge is 0.121 e. The van der Waals surface area contributed by atoms with Crippen molar-refractivity contribution in [1.29, 1.82) is 0 Å². The minimum absolute atomic E-state index is 0.153. The minimum Gasteiger partial charge on any atom is -0.508 e. The molecular formula is C15H24O2. The Bertz CT molecular complexity index is 380. The molecule has 0 spiro atoms. The second-order valence-electron chi connectivity index (χ2n) is 6.73. The van der Waals surface area contributed by atoms with Crippen molar-refractivity contribution in [2.24, 2.45) is 10.8 Å². The van der Waals surface area contributed by atoms with Crippen molar-refractivity contribution in [1.82, 2.24) is 0 Å². The summed E-state index contributed by atoms with van der Waals surface area (Å²) in [7, 11) is 0. The molecule has 0 heterocycles. The summed E-state index contributed by atoms with van der Waals surface area (Å²) in [5.41, 5.74) is -1.24. The van der Waals surface area contributed by atoms with E-state index in [1.165, 1.54) is 0 Å². The third kappa shape index (κ3) is 2.19. The molecule has 0 aliphatic rings. The molecule has 0 unspecified atom stereocenters. The van der Waals surface area contributed by atoms with Gasteiger partial charge in [0.25, 0.3) is 0 Å². The number of hydrogen-bond acceptors (Lipinski definition) is 2. The highest BCUT2D eigenvalue weighted by Gasteiger charge is 2.51. The molecule has 0 bridgehead atoms. The lowest BCUT2D eigenvalue weighted by atomic mass is 9.59. The fourth-order valence-corrected chi connectivity index (χ4v) is 2.71. The van der Waals surface area contributed by atoms with Gasteiger partial charge in [0.2, 0.25) is 0 Å². The number of benzene rings is 1. The van der Waals surface area contributed by atoms with Crippen LogP contribution in [0.4, 0.5) is 0 Å². The summed E-state index contributed by atoms with van der Waals surface area (Å²) in [6.07, 6.45) is 0. The Balaban J connectivity index is 3.53. The summed E-state index contributed by atoms with van der Waals surface area (Å²) in [5.74, 6) is 0.153. The van der Waals surface area contributed by atoms with Crippen LogP contribution in [0.5, 0.6) is 5.75 Å². The number of phenols is 1. The Morgan fingerprint density at radius 2 is 1.24 bits per heavy atom. The van der Waals surface area contributed by atoms with Crippen molar-refractivity contribution in [2.75, 3.05) is 0 Å². The van der Waals surface area contributed by atoms with Crippen LogP contribution in [0.25, 0.3) is 0 Å². The SMILES string of the molecule is CC(C)(C)C(O)(c1ccccc1O)C(C)(C)C. The van der Waals surface area contributed by atoms with Gasteiger partial charge in [-0.3, -0.25) is 0 Å². The first-order valence-corrected chi connectivity index (χ1v) is 6.02. The fourth-order valence-electron chi connectivity index (χ4n) is 2.71. The monoisotopic (exact) mass is 236 g/mol. The lowest BCUT2D eigenvalue weighted by molar-refractivity contribution is -0.146. The molecule has 1 aromatic rings. The van der Waals surface area contributed by atoms with Crippen LogP contribution in [-0.4, -0.2) is 10.2 Å². The summed E-state index contributed by atoms with van der Waals surface area (Å²) < 4.78 is 0. The van der Waals surface area contributed by atoms with Crippen LogP contribution in [0, 0.1) is 10.8 Å².